The van der Waals surface area contributed by atoms with Crippen molar-refractivity contribution in [3.05, 3.63) is 53.6 Å². The van der Waals surface area contributed by atoms with Gasteiger partial charge in [0.15, 0.2) is 0 Å². The van der Waals surface area contributed by atoms with Crippen molar-refractivity contribution in [2.45, 2.75) is 17.1 Å². The van der Waals surface area contributed by atoms with E-state index in [0.717, 1.165) is 4.90 Å². The van der Waals surface area contributed by atoms with Crippen LogP contribution in [0.4, 0.5) is 5.69 Å². The highest BCUT2D eigenvalue weighted by atomic mass is 32.2. The van der Waals surface area contributed by atoms with Crippen LogP contribution in [0.25, 0.3) is 0 Å². The van der Waals surface area contributed by atoms with E-state index in [0.29, 0.717) is 11.3 Å². The normalized spacial score (nSPS) is 16.0. The highest BCUT2D eigenvalue weighted by molar-refractivity contribution is 8.00. The molecule has 0 fully saturated rings. The van der Waals surface area contributed by atoms with Crippen LogP contribution in [0.2, 0.25) is 0 Å². The number of hydrogen-bond donors (Lipinski definition) is 1. The minimum absolute atomic E-state index is 0.0946. The molecule has 1 amide bonds. The SMILES string of the molecule is CC1Sc2ccc(C(=O)Oc3ccccc3C#N)cc2NC1=O. The molecule has 2 aromatic rings. The van der Waals surface area contributed by atoms with Gasteiger partial charge in [-0.1, -0.05) is 12.1 Å². The fourth-order valence-corrected chi connectivity index (χ4v) is 3.07. The van der Waals surface area contributed by atoms with Crippen LogP contribution in [-0.4, -0.2) is 17.1 Å². The number of hydrogen-bond acceptors (Lipinski definition) is 5. The van der Waals surface area contributed by atoms with E-state index in [4.69, 9.17) is 10.00 Å². The van der Waals surface area contributed by atoms with Gasteiger partial charge in [-0.15, -0.1) is 11.8 Å². The average Bonchev–Trinajstić information content (AvgIpc) is 2.56. The van der Waals surface area contributed by atoms with Crippen LogP contribution in [0.3, 0.4) is 0 Å². The molecule has 0 radical (unpaired) electrons. The van der Waals surface area contributed by atoms with E-state index in [1.165, 1.54) is 11.8 Å². The number of thioether (sulfide) groups is 1. The zero-order chi connectivity index (χ0) is 16.4. The second kappa shape index (κ2) is 6.15. The van der Waals surface area contributed by atoms with Gasteiger partial charge in [0.05, 0.1) is 22.1 Å². The summed E-state index contributed by atoms with van der Waals surface area (Å²) in [5.41, 5.74) is 1.20. The summed E-state index contributed by atoms with van der Waals surface area (Å²) < 4.78 is 5.28. The monoisotopic (exact) mass is 324 g/mol. The third-order valence-corrected chi connectivity index (χ3v) is 4.53. The molecule has 0 aromatic heterocycles. The minimum atomic E-state index is -0.576. The van der Waals surface area contributed by atoms with E-state index in [2.05, 4.69) is 5.32 Å². The van der Waals surface area contributed by atoms with E-state index in [9.17, 15) is 9.59 Å². The van der Waals surface area contributed by atoms with E-state index in [1.807, 2.05) is 13.0 Å². The van der Waals surface area contributed by atoms with Gasteiger partial charge in [0, 0.05) is 4.90 Å². The maximum Gasteiger partial charge on any atom is 0.343 e. The molecule has 0 bridgehead atoms. The first-order valence-corrected chi connectivity index (χ1v) is 7.79. The number of fused-ring (bicyclic) bond motifs is 1. The number of anilines is 1. The summed E-state index contributed by atoms with van der Waals surface area (Å²) >= 11 is 1.44. The standard InChI is InChI=1S/C17H12N2O3S/c1-10-16(20)19-13-8-11(6-7-15(13)23-10)17(21)22-14-5-3-2-4-12(14)9-18/h2-8,10H,1H3,(H,19,20). The minimum Gasteiger partial charge on any atom is -0.422 e. The number of nitriles is 1. The third kappa shape index (κ3) is 3.05. The van der Waals surface area contributed by atoms with Crippen LogP contribution in [0, 0.1) is 11.3 Å². The topological polar surface area (TPSA) is 79.2 Å². The summed E-state index contributed by atoms with van der Waals surface area (Å²) in [6.45, 7) is 1.82. The smallest absolute Gasteiger partial charge is 0.343 e. The Hall–Kier alpha value is -2.78. The van der Waals surface area contributed by atoms with E-state index >= 15 is 0 Å². The fraction of sp³-hybridized carbons (Fsp3) is 0.118. The third-order valence-electron chi connectivity index (χ3n) is 3.36. The summed E-state index contributed by atoms with van der Waals surface area (Å²) in [6.07, 6.45) is 0. The van der Waals surface area contributed by atoms with Crippen molar-refractivity contribution in [2.75, 3.05) is 5.32 Å². The number of carbonyl (C=O) groups excluding carboxylic acids is 2. The molecule has 23 heavy (non-hydrogen) atoms. The van der Waals surface area contributed by atoms with Crippen molar-refractivity contribution in [3.8, 4) is 11.8 Å². The number of ether oxygens (including phenoxy) is 1. The van der Waals surface area contributed by atoms with Crippen LogP contribution in [-0.2, 0) is 4.79 Å². The van der Waals surface area contributed by atoms with Crippen molar-refractivity contribution >= 4 is 29.3 Å². The van der Waals surface area contributed by atoms with E-state index in [1.54, 1.807) is 42.5 Å². The maximum atomic E-state index is 12.3. The Morgan fingerprint density at radius 2 is 2.09 bits per heavy atom. The van der Waals surface area contributed by atoms with Crippen molar-refractivity contribution in [3.63, 3.8) is 0 Å². The summed E-state index contributed by atoms with van der Waals surface area (Å²) in [5.74, 6) is -0.457. The van der Waals surface area contributed by atoms with Gasteiger partial charge in [-0.2, -0.15) is 5.26 Å². The summed E-state index contributed by atoms with van der Waals surface area (Å²) in [6, 6.07) is 13.5. The molecule has 1 atom stereocenters. The first kappa shape index (κ1) is 15.1. The quantitative estimate of drug-likeness (QED) is 0.678. The van der Waals surface area contributed by atoms with Gasteiger partial charge in [0.1, 0.15) is 11.8 Å². The number of rotatable bonds is 2. The molecule has 3 rings (SSSR count). The molecule has 6 heteroatoms. The number of nitrogens with zero attached hydrogens (tertiary/aromatic N) is 1. The molecule has 114 valence electrons. The zero-order valence-electron chi connectivity index (χ0n) is 12.2. The molecule has 5 nitrogen and oxygen atoms in total. The molecule has 1 heterocycles. The van der Waals surface area contributed by atoms with Crippen LogP contribution in [0.1, 0.15) is 22.8 Å². The number of nitrogens with one attached hydrogen (secondary N) is 1. The Balaban J connectivity index is 1.85. The second-order valence-corrected chi connectivity index (χ2v) is 6.34. The lowest BCUT2D eigenvalue weighted by Crippen LogP contribution is -2.26. The highest BCUT2D eigenvalue weighted by Gasteiger charge is 2.24. The molecule has 1 aliphatic heterocycles. The molecule has 1 N–H and O–H groups in total. The van der Waals surface area contributed by atoms with Crippen molar-refractivity contribution in [1.29, 1.82) is 5.26 Å². The Kier molecular flexibility index (Phi) is 4.04. The van der Waals surface area contributed by atoms with Crippen LogP contribution in [0.15, 0.2) is 47.4 Å². The number of carbonyl (C=O) groups is 2. The van der Waals surface area contributed by atoms with E-state index in [-0.39, 0.29) is 22.5 Å². The lowest BCUT2D eigenvalue weighted by atomic mass is 10.2. The van der Waals surface area contributed by atoms with Gasteiger partial charge in [-0.3, -0.25) is 4.79 Å². The molecule has 1 aliphatic rings. The lowest BCUT2D eigenvalue weighted by Gasteiger charge is -2.21. The Morgan fingerprint density at radius 3 is 2.87 bits per heavy atom. The summed E-state index contributed by atoms with van der Waals surface area (Å²) in [4.78, 5) is 24.9. The maximum absolute atomic E-state index is 12.3. The predicted molar refractivity (Wildman–Crippen MR) is 86.5 cm³/mol. The number of esters is 1. The second-order valence-electron chi connectivity index (χ2n) is 4.96. The molecular formula is C17H12N2O3S. The van der Waals surface area contributed by atoms with Crippen molar-refractivity contribution < 1.29 is 14.3 Å². The predicted octanol–water partition coefficient (Wildman–Crippen LogP) is 3.21. The number of benzene rings is 2. The molecule has 0 spiro atoms. The first-order valence-electron chi connectivity index (χ1n) is 6.91. The van der Waals surface area contributed by atoms with Crippen LogP contribution < -0.4 is 10.1 Å². The van der Waals surface area contributed by atoms with Crippen molar-refractivity contribution in [2.24, 2.45) is 0 Å². The number of para-hydroxylation sites is 1. The van der Waals surface area contributed by atoms with Crippen molar-refractivity contribution in [1.82, 2.24) is 0 Å². The number of amides is 1. The fourth-order valence-electron chi connectivity index (χ4n) is 2.14. The molecule has 0 saturated heterocycles. The summed E-state index contributed by atoms with van der Waals surface area (Å²) in [5, 5.41) is 11.6. The van der Waals surface area contributed by atoms with Gasteiger partial charge < -0.3 is 10.1 Å². The van der Waals surface area contributed by atoms with Gasteiger partial charge in [0.2, 0.25) is 5.91 Å². The van der Waals surface area contributed by atoms with Gasteiger partial charge in [-0.25, -0.2) is 4.79 Å². The first-order chi connectivity index (χ1) is 11.1. The Bertz CT molecular complexity index is 842. The Labute approximate surface area is 137 Å². The molecule has 2 aromatic carbocycles. The van der Waals surface area contributed by atoms with Gasteiger partial charge in [0.25, 0.3) is 0 Å². The van der Waals surface area contributed by atoms with Crippen LogP contribution in [0.5, 0.6) is 5.75 Å². The Morgan fingerprint density at radius 1 is 1.30 bits per heavy atom. The zero-order valence-corrected chi connectivity index (χ0v) is 13.0. The highest BCUT2D eigenvalue weighted by Crippen LogP contribution is 2.36. The van der Waals surface area contributed by atoms with Crippen LogP contribution >= 0.6 is 11.8 Å². The van der Waals surface area contributed by atoms with Gasteiger partial charge in [-0.05, 0) is 37.3 Å². The molecule has 1 unspecified atom stereocenters. The van der Waals surface area contributed by atoms with E-state index < -0.39 is 5.97 Å². The van der Waals surface area contributed by atoms with Gasteiger partial charge >= 0.3 is 5.97 Å². The summed E-state index contributed by atoms with van der Waals surface area (Å²) in [7, 11) is 0. The average molecular weight is 324 g/mol. The molecular weight excluding hydrogens is 312 g/mol. The largest absolute Gasteiger partial charge is 0.422 e. The molecule has 0 aliphatic carbocycles. The molecule has 0 saturated carbocycles. The lowest BCUT2D eigenvalue weighted by molar-refractivity contribution is -0.115.